The Morgan fingerprint density at radius 1 is 0.854 bits per heavy atom. The Kier molecular flexibility index (Phi) is 10.6. The second kappa shape index (κ2) is 14.9. The molecule has 1 saturated carbocycles. The molecule has 5 heterocycles. The zero-order valence-corrected chi connectivity index (χ0v) is 29.6. The SMILES string of the molecule is CCNC12CNCCC3NC3CC(C)(NCc3ccc(NCCc4ccc(O)c(O)c4)cc3)CCC3C4CCCC(C1)N(CCCC43)C2. The van der Waals surface area contributed by atoms with Crippen molar-refractivity contribution in [3.05, 3.63) is 53.6 Å². The van der Waals surface area contributed by atoms with Gasteiger partial charge < -0.3 is 36.8 Å². The number of nitrogens with one attached hydrogen (secondary N) is 5. The predicted octanol–water partition coefficient (Wildman–Crippen LogP) is 5.35. The lowest BCUT2D eigenvalue weighted by atomic mass is 9.87. The number of hydrogen-bond donors (Lipinski definition) is 7. The Labute approximate surface area is 289 Å². The second-order valence-corrected chi connectivity index (χ2v) is 16.4. The molecule has 0 radical (unpaired) electrons. The summed E-state index contributed by atoms with van der Waals surface area (Å²) >= 11 is 0. The summed E-state index contributed by atoms with van der Waals surface area (Å²) in [6.07, 6.45) is 14.2. The molecule has 0 amide bonds. The fourth-order valence-electron chi connectivity index (χ4n) is 9.99. The minimum absolute atomic E-state index is 0.0605. The highest BCUT2D eigenvalue weighted by Gasteiger charge is 2.51. The van der Waals surface area contributed by atoms with Gasteiger partial charge in [0.25, 0.3) is 0 Å². The lowest BCUT2D eigenvalue weighted by molar-refractivity contribution is 0.218. The number of likely N-dealkylation sites (N-methyl/N-ethyl adjacent to an activating group) is 1. The summed E-state index contributed by atoms with van der Waals surface area (Å²) in [5.74, 6) is 2.72. The highest BCUT2D eigenvalue weighted by Crippen LogP contribution is 2.56. The summed E-state index contributed by atoms with van der Waals surface area (Å²) < 4.78 is 0. The van der Waals surface area contributed by atoms with Crippen molar-refractivity contribution in [2.24, 2.45) is 17.8 Å². The first-order chi connectivity index (χ1) is 23.3. The van der Waals surface area contributed by atoms with E-state index in [1.807, 2.05) is 6.07 Å². The van der Waals surface area contributed by atoms with Crippen molar-refractivity contribution in [3.63, 3.8) is 0 Å². The van der Waals surface area contributed by atoms with Gasteiger partial charge in [-0.1, -0.05) is 31.5 Å². The van der Waals surface area contributed by atoms with Crippen LogP contribution in [0, 0.1) is 17.8 Å². The van der Waals surface area contributed by atoms with E-state index in [4.69, 9.17) is 0 Å². The van der Waals surface area contributed by atoms with Gasteiger partial charge in [-0.05, 0) is 144 Å². The number of aromatic hydroxyl groups is 2. The van der Waals surface area contributed by atoms with Crippen LogP contribution in [0.15, 0.2) is 42.5 Å². The van der Waals surface area contributed by atoms with Gasteiger partial charge in [-0.15, -0.1) is 0 Å². The number of phenolic OH excluding ortho intramolecular Hbond substituents is 2. The minimum Gasteiger partial charge on any atom is -0.504 e. The molecule has 2 aromatic rings. The third-order valence-corrected chi connectivity index (χ3v) is 12.8. The van der Waals surface area contributed by atoms with Crippen molar-refractivity contribution in [1.82, 2.24) is 26.2 Å². The van der Waals surface area contributed by atoms with Crippen molar-refractivity contribution in [3.8, 4) is 11.5 Å². The van der Waals surface area contributed by atoms with Crippen molar-refractivity contribution >= 4 is 5.69 Å². The standard InChI is InChI=1S/C40H62N6O2/c1-3-43-40-23-31-6-4-7-32-33(8-5-21-46(31)27-40)34(32)15-18-39(2,24-36-35(45-36)17-19-41-26-40)44-25-29-9-12-30(13-10-29)42-20-16-28-11-14-37(47)38(48)22-28/h9-14,22,31-36,41-45,47-48H,3-8,15-21,23-27H2,1-2H3. The van der Waals surface area contributed by atoms with Crippen LogP contribution >= 0.6 is 0 Å². The lowest BCUT2D eigenvalue weighted by Crippen LogP contribution is -2.54. The molecule has 1 aliphatic carbocycles. The van der Waals surface area contributed by atoms with Crippen molar-refractivity contribution < 1.29 is 10.2 Å². The van der Waals surface area contributed by atoms with Crippen molar-refractivity contribution in [1.29, 1.82) is 0 Å². The fraction of sp³-hybridized carbons (Fsp3) is 0.700. The summed E-state index contributed by atoms with van der Waals surface area (Å²) in [5.41, 5.74) is 3.79. The van der Waals surface area contributed by atoms with Gasteiger partial charge in [0.15, 0.2) is 11.5 Å². The summed E-state index contributed by atoms with van der Waals surface area (Å²) in [6.45, 7) is 12.2. The molecule has 8 nitrogen and oxygen atoms in total. The normalized spacial score (nSPS) is 36.7. The third-order valence-electron chi connectivity index (χ3n) is 12.8. The zero-order chi connectivity index (χ0) is 33.1. The van der Waals surface area contributed by atoms with Gasteiger partial charge >= 0.3 is 0 Å². The molecule has 9 atom stereocenters. The molecular weight excluding hydrogens is 596 g/mol. The fourth-order valence-corrected chi connectivity index (χ4v) is 9.99. The van der Waals surface area contributed by atoms with Crippen molar-refractivity contribution in [2.75, 3.05) is 44.6 Å². The smallest absolute Gasteiger partial charge is 0.157 e. The Morgan fingerprint density at radius 2 is 1.65 bits per heavy atom. The quantitative estimate of drug-likeness (QED) is 0.143. The van der Waals surface area contributed by atoms with Crippen LogP contribution in [0.1, 0.15) is 89.2 Å². The molecule has 8 heteroatoms. The molecule has 0 aromatic heterocycles. The van der Waals surface area contributed by atoms with Crippen LogP contribution in [-0.4, -0.2) is 83.6 Å². The molecule has 0 spiro atoms. The lowest BCUT2D eigenvalue weighted by Gasteiger charge is -2.32. The van der Waals surface area contributed by atoms with Gasteiger partial charge in [-0.3, -0.25) is 4.90 Å². The van der Waals surface area contributed by atoms with E-state index < -0.39 is 0 Å². The molecule has 2 aromatic carbocycles. The number of hydrogen-bond acceptors (Lipinski definition) is 8. The van der Waals surface area contributed by atoms with Crippen LogP contribution < -0.4 is 26.6 Å². The van der Waals surface area contributed by atoms with E-state index in [1.165, 1.54) is 82.9 Å². The first-order valence-electron chi connectivity index (χ1n) is 19.4. The molecular formula is C40H62N6O2. The van der Waals surface area contributed by atoms with Crippen LogP contribution in [0.25, 0.3) is 0 Å². The van der Waals surface area contributed by atoms with Gasteiger partial charge in [0.1, 0.15) is 0 Å². The molecule has 9 unspecified atom stereocenters. The molecule has 48 heavy (non-hydrogen) atoms. The number of anilines is 1. The van der Waals surface area contributed by atoms with E-state index in [9.17, 15) is 10.2 Å². The van der Waals surface area contributed by atoms with E-state index in [1.54, 1.807) is 12.1 Å². The summed E-state index contributed by atoms with van der Waals surface area (Å²) in [5, 5.41) is 38.7. The number of rotatable bonds is 9. The van der Waals surface area contributed by atoms with E-state index in [2.05, 4.69) is 69.6 Å². The van der Waals surface area contributed by atoms with Gasteiger partial charge in [0, 0.05) is 61.1 Å². The average Bonchev–Trinajstić information content (AvgIpc) is 3.94. The van der Waals surface area contributed by atoms with Gasteiger partial charge in [0.05, 0.1) is 0 Å². The number of phenols is 2. The number of benzene rings is 2. The van der Waals surface area contributed by atoms with Gasteiger partial charge in [-0.2, -0.15) is 0 Å². The van der Waals surface area contributed by atoms with Crippen LogP contribution in [0.3, 0.4) is 0 Å². The van der Waals surface area contributed by atoms with E-state index >= 15 is 0 Å². The van der Waals surface area contributed by atoms with Crippen LogP contribution in [-0.2, 0) is 13.0 Å². The zero-order valence-electron chi connectivity index (χ0n) is 29.6. The van der Waals surface area contributed by atoms with Crippen LogP contribution in [0.4, 0.5) is 5.69 Å². The molecule has 6 aliphatic rings. The number of fused-ring (bicyclic) bond motifs is 10. The van der Waals surface area contributed by atoms with E-state index in [-0.39, 0.29) is 22.6 Å². The highest BCUT2D eigenvalue weighted by molar-refractivity contribution is 5.45. The molecule has 264 valence electrons. The van der Waals surface area contributed by atoms with Crippen LogP contribution in [0.2, 0.25) is 0 Å². The van der Waals surface area contributed by atoms with Crippen molar-refractivity contribution in [2.45, 2.75) is 120 Å². The monoisotopic (exact) mass is 658 g/mol. The largest absolute Gasteiger partial charge is 0.504 e. The minimum atomic E-state index is -0.0729. The first kappa shape index (κ1) is 34.1. The van der Waals surface area contributed by atoms with E-state index in [0.717, 1.165) is 74.2 Å². The Hall–Kier alpha value is -2.36. The predicted molar refractivity (Wildman–Crippen MR) is 196 cm³/mol. The Morgan fingerprint density at radius 3 is 2.46 bits per heavy atom. The first-order valence-corrected chi connectivity index (χ1v) is 19.4. The highest BCUT2D eigenvalue weighted by atomic mass is 16.3. The molecule has 7 N–H and O–H groups in total. The van der Waals surface area contributed by atoms with Crippen LogP contribution in [0.5, 0.6) is 11.5 Å². The average molecular weight is 659 g/mol. The molecule has 8 rings (SSSR count). The van der Waals surface area contributed by atoms with Gasteiger partial charge in [0.2, 0.25) is 0 Å². The summed E-state index contributed by atoms with van der Waals surface area (Å²) in [6, 6.07) is 15.9. The molecule has 5 aliphatic heterocycles. The Balaban J connectivity index is 0.962. The molecule has 6 bridgehead atoms. The maximum absolute atomic E-state index is 9.77. The molecule has 6 fully saturated rings. The Bertz CT molecular complexity index is 1330. The second-order valence-electron chi connectivity index (χ2n) is 16.4. The van der Waals surface area contributed by atoms with E-state index in [0.29, 0.717) is 12.1 Å². The molecule has 5 saturated heterocycles. The third kappa shape index (κ3) is 8.32. The maximum atomic E-state index is 9.77. The van der Waals surface area contributed by atoms with Gasteiger partial charge in [-0.25, -0.2) is 0 Å². The topological polar surface area (TPSA) is 114 Å². The number of nitrogens with zero attached hydrogens (tertiary/aromatic N) is 1. The maximum Gasteiger partial charge on any atom is 0.157 e. The summed E-state index contributed by atoms with van der Waals surface area (Å²) in [7, 11) is 0. The summed E-state index contributed by atoms with van der Waals surface area (Å²) in [4.78, 5) is 2.87.